The molecule has 0 amide bonds. The molecule has 4 aliphatic heterocycles. The van der Waals surface area contributed by atoms with Gasteiger partial charge in [0.15, 0.2) is 0 Å². The topological polar surface area (TPSA) is 82.9 Å². The van der Waals surface area contributed by atoms with Crippen LogP contribution in [0.1, 0.15) is 106 Å². The number of hydrogen-bond donors (Lipinski definition) is 0. The molecule has 8 heteroatoms. The number of carbonyl (C=O) groups excluding carboxylic acids is 1. The monoisotopic (exact) mass is 703 g/mol. The standard InChI is InChI=1S/C25H30N2O4.C3H6O.4C3H8.C2H6O/c1-5-20(26(10-22-14-28-22)11-23-15-29-23)6-2-18(1)9-19-3-7-21(8-4-19)27(12-24-16-30-24)13-25-17-31-25;1-3(2)4;5*1-3-2/h1-8,22-25H,9-17H2;1-2H3;4*3H2,1-2H3;1-2H3. The van der Waals surface area contributed by atoms with Gasteiger partial charge in [0.2, 0.25) is 0 Å². The molecule has 0 N–H and O–H groups in total. The summed E-state index contributed by atoms with van der Waals surface area (Å²) in [5.74, 6) is 0.167. The first-order chi connectivity index (χ1) is 24.1. The lowest BCUT2D eigenvalue weighted by Gasteiger charge is -2.24. The molecule has 0 radical (unpaired) electrons. The van der Waals surface area contributed by atoms with Crippen LogP contribution in [0.4, 0.5) is 11.4 Å². The van der Waals surface area contributed by atoms with Crippen molar-refractivity contribution in [2.45, 2.75) is 126 Å². The quantitative estimate of drug-likeness (QED) is 0.203. The van der Waals surface area contributed by atoms with Crippen molar-refractivity contribution in [2.24, 2.45) is 0 Å². The predicted molar refractivity (Wildman–Crippen MR) is 212 cm³/mol. The van der Waals surface area contributed by atoms with Gasteiger partial charge in [-0.2, -0.15) is 0 Å². The number of hydrogen-bond acceptors (Lipinski definition) is 8. The van der Waals surface area contributed by atoms with Crippen molar-refractivity contribution in [1.82, 2.24) is 0 Å². The number of rotatable bonds is 12. The molecule has 8 nitrogen and oxygen atoms in total. The second-order valence-electron chi connectivity index (χ2n) is 13.3. The van der Waals surface area contributed by atoms with Crippen molar-refractivity contribution < 1.29 is 28.5 Å². The molecule has 50 heavy (non-hydrogen) atoms. The molecule has 4 saturated heterocycles. The Morgan fingerprint density at radius 2 is 0.720 bits per heavy atom. The van der Waals surface area contributed by atoms with Gasteiger partial charge in [0.25, 0.3) is 0 Å². The minimum absolute atomic E-state index is 0.167. The number of ketones is 1. The highest BCUT2D eigenvalue weighted by molar-refractivity contribution is 5.72. The lowest BCUT2D eigenvalue weighted by atomic mass is 10.0. The molecule has 4 atom stereocenters. The second kappa shape index (κ2) is 30.2. The summed E-state index contributed by atoms with van der Waals surface area (Å²) < 4.78 is 26.0. The number of epoxide rings is 4. The SMILES string of the molecule is CC(C)=O.CCC.CCC.CCC.CCC.COC.c1cc(N(CC2CO2)CC2CO2)ccc1Cc1ccc(N(CC2CO2)CC2CO2)cc1. The minimum Gasteiger partial charge on any atom is -0.388 e. The number of ether oxygens (including phenoxy) is 5. The summed E-state index contributed by atoms with van der Waals surface area (Å²) in [7, 11) is 3.25. The number of nitrogens with zero attached hydrogens (tertiary/aromatic N) is 2. The summed E-state index contributed by atoms with van der Waals surface area (Å²) >= 11 is 0. The van der Waals surface area contributed by atoms with E-state index >= 15 is 0 Å². The molecule has 0 spiro atoms. The Kier molecular flexibility index (Phi) is 28.7. The number of benzene rings is 2. The Labute approximate surface area is 307 Å². The van der Waals surface area contributed by atoms with Crippen molar-refractivity contribution in [1.29, 1.82) is 0 Å². The molecule has 288 valence electrons. The summed E-state index contributed by atoms with van der Waals surface area (Å²) in [5.41, 5.74) is 5.17. The molecule has 0 bridgehead atoms. The molecule has 4 fully saturated rings. The van der Waals surface area contributed by atoms with Crippen LogP contribution < -0.4 is 9.80 Å². The fraction of sp³-hybridized carbons (Fsp3) is 0.690. The van der Waals surface area contributed by atoms with E-state index in [1.165, 1.54) is 62.0 Å². The van der Waals surface area contributed by atoms with Crippen LogP contribution in [0.2, 0.25) is 0 Å². The fourth-order valence-electron chi connectivity index (χ4n) is 4.13. The van der Waals surface area contributed by atoms with E-state index in [-0.39, 0.29) is 5.78 Å². The minimum atomic E-state index is 0.167. The molecule has 6 rings (SSSR count). The molecule has 4 heterocycles. The molecular weight excluding hydrogens is 628 g/mol. The number of methoxy groups -OCH3 is 1. The van der Waals surface area contributed by atoms with Gasteiger partial charge in [0, 0.05) is 51.8 Å². The van der Waals surface area contributed by atoms with Gasteiger partial charge in [0.1, 0.15) is 5.78 Å². The Morgan fingerprint density at radius 1 is 0.540 bits per heavy atom. The van der Waals surface area contributed by atoms with Gasteiger partial charge in [-0.25, -0.2) is 0 Å². The largest absolute Gasteiger partial charge is 0.388 e. The van der Waals surface area contributed by atoms with Gasteiger partial charge in [0.05, 0.1) is 50.8 Å². The molecule has 2 aromatic carbocycles. The third-order valence-corrected chi connectivity index (χ3v) is 6.32. The average Bonchev–Trinajstić information content (AvgIpc) is 3.84. The third kappa shape index (κ3) is 27.3. The van der Waals surface area contributed by atoms with Crippen LogP contribution >= 0.6 is 0 Å². The Balaban J connectivity index is 0.00000106. The van der Waals surface area contributed by atoms with Crippen LogP contribution in [0.15, 0.2) is 48.5 Å². The average molecular weight is 703 g/mol. The molecule has 0 aromatic heterocycles. The van der Waals surface area contributed by atoms with Crippen molar-refractivity contribution in [2.75, 3.05) is 76.6 Å². The van der Waals surface area contributed by atoms with Gasteiger partial charge in [-0.1, -0.05) is 105 Å². The van der Waals surface area contributed by atoms with Gasteiger partial charge in [-0.05, 0) is 55.7 Å². The Hall–Kier alpha value is -2.49. The highest BCUT2D eigenvalue weighted by Gasteiger charge is 2.32. The summed E-state index contributed by atoms with van der Waals surface area (Å²) in [6.45, 7) is 27.4. The third-order valence-electron chi connectivity index (χ3n) is 6.32. The van der Waals surface area contributed by atoms with Crippen LogP contribution in [0.3, 0.4) is 0 Å². The van der Waals surface area contributed by atoms with Gasteiger partial charge >= 0.3 is 0 Å². The van der Waals surface area contributed by atoms with E-state index in [0.29, 0.717) is 24.4 Å². The number of carbonyl (C=O) groups is 1. The van der Waals surface area contributed by atoms with Crippen molar-refractivity contribution in [3.63, 3.8) is 0 Å². The Bertz CT molecular complexity index is 932. The predicted octanol–water partition coefficient (Wildman–Crippen LogP) is 9.01. The maximum absolute atomic E-state index is 9.44. The van der Waals surface area contributed by atoms with Crippen molar-refractivity contribution >= 4 is 17.2 Å². The summed E-state index contributed by atoms with van der Waals surface area (Å²) in [4.78, 5) is 14.2. The van der Waals surface area contributed by atoms with E-state index in [4.69, 9.17) is 18.9 Å². The van der Waals surface area contributed by atoms with Crippen LogP contribution in [0, 0.1) is 0 Å². The van der Waals surface area contributed by atoms with E-state index in [0.717, 1.165) is 59.0 Å². The summed E-state index contributed by atoms with van der Waals surface area (Å²) in [6.07, 6.45) is 7.48. The summed E-state index contributed by atoms with van der Waals surface area (Å²) in [5, 5.41) is 0. The number of anilines is 2. The molecular formula is C42H74N2O6. The van der Waals surface area contributed by atoms with E-state index in [1.54, 1.807) is 14.2 Å². The second-order valence-corrected chi connectivity index (χ2v) is 13.3. The lowest BCUT2D eigenvalue weighted by Crippen LogP contribution is -2.31. The zero-order valence-corrected chi connectivity index (χ0v) is 34.0. The van der Waals surface area contributed by atoms with E-state index < -0.39 is 0 Å². The highest BCUT2D eigenvalue weighted by atomic mass is 16.6. The molecule has 0 saturated carbocycles. The zero-order valence-electron chi connectivity index (χ0n) is 34.0. The number of Topliss-reactive ketones (excluding diaryl/α,β-unsaturated/α-hetero) is 1. The van der Waals surface area contributed by atoms with E-state index in [2.05, 4.69) is 118 Å². The molecule has 4 aliphatic rings. The molecule has 4 unspecified atom stereocenters. The normalized spacial score (nSPS) is 19.4. The van der Waals surface area contributed by atoms with E-state index in [1.807, 2.05) is 0 Å². The van der Waals surface area contributed by atoms with Crippen LogP contribution in [-0.4, -0.2) is 97.0 Å². The molecule has 0 aliphatic carbocycles. The van der Waals surface area contributed by atoms with Crippen molar-refractivity contribution in [3.05, 3.63) is 59.7 Å². The van der Waals surface area contributed by atoms with Gasteiger partial charge in [-0.15, -0.1) is 0 Å². The van der Waals surface area contributed by atoms with Crippen LogP contribution in [-0.2, 0) is 34.9 Å². The summed E-state index contributed by atoms with van der Waals surface area (Å²) in [6, 6.07) is 17.9. The zero-order chi connectivity index (χ0) is 37.7. The lowest BCUT2D eigenvalue weighted by molar-refractivity contribution is -0.115. The van der Waals surface area contributed by atoms with Crippen molar-refractivity contribution in [3.8, 4) is 0 Å². The first kappa shape index (κ1) is 47.5. The van der Waals surface area contributed by atoms with Crippen LogP contribution in [0.25, 0.3) is 0 Å². The van der Waals surface area contributed by atoms with Gasteiger partial charge in [-0.3, -0.25) is 0 Å². The van der Waals surface area contributed by atoms with Crippen LogP contribution in [0.5, 0.6) is 0 Å². The maximum atomic E-state index is 9.44. The Morgan fingerprint density at radius 3 is 0.880 bits per heavy atom. The smallest absolute Gasteiger partial charge is 0.126 e. The van der Waals surface area contributed by atoms with Gasteiger partial charge < -0.3 is 38.3 Å². The molecule has 2 aromatic rings. The van der Waals surface area contributed by atoms with E-state index in [9.17, 15) is 4.79 Å². The first-order valence-corrected chi connectivity index (χ1v) is 19.1. The highest BCUT2D eigenvalue weighted by Crippen LogP contribution is 2.26. The fourth-order valence-corrected chi connectivity index (χ4v) is 4.13. The first-order valence-electron chi connectivity index (χ1n) is 19.1. The maximum Gasteiger partial charge on any atom is 0.126 e.